The summed E-state index contributed by atoms with van der Waals surface area (Å²) in [6, 6.07) is 20.2. The first kappa shape index (κ1) is 19.4. The molecule has 4 rings (SSSR count). The van der Waals surface area contributed by atoms with Gasteiger partial charge in [0.05, 0.1) is 6.04 Å². The Kier molecular flexibility index (Phi) is 6.09. The fourth-order valence-corrected chi connectivity index (χ4v) is 4.03. The van der Waals surface area contributed by atoms with E-state index in [4.69, 9.17) is 0 Å². The van der Waals surface area contributed by atoms with Crippen LogP contribution in [0.5, 0.6) is 0 Å². The monoisotopic (exact) mass is 388 g/mol. The molecule has 1 atom stereocenters. The minimum atomic E-state index is -0.0119. The quantitative estimate of drug-likeness (QED) is 0.754. The van der Waals surface area contributed by atoms with Crippen molar-refractivity contribution in [3.63, 3.8) is 0 Å². The standard InChI is InChI=1S/C25H28N2O2/c28-23(14-11-19-7-3-1-4-8-19)27-17-15-22(16-18-27)25(29)26-24(21-12-13-21)20-9-5-2-6-10-20/h1-11,14,21-22,24H,12-13,15-18H2,(H,26,29)/b14-11+. The molecule has 4 nitrogen and oxygen atoms in total. The number of hydrogen-bond acceptors (Lipinski definition) is 2. The van der Waals surface area contributed by atoms with Crippen molar-refractivity contribution in [2.24, 2.45) is 11.8 Å². The van der Waals surface area contributed by atoms with Crippen LogP contribution in [0.15, 0.2) is 66.7 Å². The van der Waals surface area contributed by atoms with E-state index >= 15 is 0 Å². The van der Waals surface area contributed by atoms with Gasteiger partial charge in [-0.2, -0.15) is 0 Å². The summed E-state index contributed by atoms with van der Waals surface area (Å²) >= 11 is 0. The molecule has 0 aromatic heterocycles. The molecule has 1 saturated carbocycles. The van der Waals surface area contributed by atoms with Gasteiger partial charge in [-0.15, -0.1) is 0 Å². The van der Waals surface area contributed by atoms with Gasteiger partial charge >= 0.3 is 0 Å². The first-order valence-corrected chi connectivity index (χ1v) is 10.6. The second-order valence-electron chi connectivity index (χ2n) is 8.08. The van der Waals surface area contributed by atoms with Crippen molar-refractivity contribution in [3.05, 3.63) is 77.9 Å². The van der Waals surface area contributed by atoms with E-state index in [1.807, 2.05) is 59.5 Å². The number of hydrogen-bond donors (Lipinski definition) is 1. The maximum Gasteiger partial charge on any atom is 0.246 e. The molecule has 1 aliphatic heterocycles. The zero-order valence-electron chi connectivity index (χ0n) is 16.7. The predicted molar refractivity (Wildman–Crippen MR) is 115 cm³/mol. The van der Waals surface area contributed by atoms with Crippen molar-refractivity contribution in [1.82, 2.24) is 10.2 Å². The predicted octanol–water partition coefficient (Wildman–Crippen LogP) is 4.21. The van der Waals surface area contributed by atoms with Crippen LogP contribution in [0.25, 0.3) is 6.08 Å². The zero-order valence-corrected chi connectivity index (χ0v) is 16.7. The lowest BCUT2D eigenvalue weighted by Gasteiger charge is -2.31. The lowest BCUT2D eigenvalue weighted by Crippen LogP contribution is -2.43. The van der Waals surface area contributed by atoms with Crippen LogP contribution < -0.4 is 5.32 Å². The highest BCUT2D eigenvalue weighted by Crippen LogP contribution is 2.41. The third kappa shape index (κ3) is 5.14. The maximum atomic E-state index is 12.9. The van der Waals surface area contributed by atoms with Crippen LogP contribution in [0.1, 0.15) is 42.9 Å². The first-order valence-electron chi connectivity index (χ1n) is 10.6. The van der Waals surface area contributed by atoms with Gasteiger partial charge < -0.3 is 10.2 Å². The van der Waals surface area contributed by atoms with Gasteiger partial charge in [-0.25, -0.2) is 0 Å². The van der Waals surface area contributed by atoms with Crippen LogP contribution in [-0.2, 0) is 9.59 Å². The fourth-order valence-electron chi connectivity index (χ4n) is 4.03. The van der Waals surface area contributed by atoms with Gasteiger partial charge in [0.1, 0.15) is 0 Å². The molecule has 0 radical (unpaired) electrons. The van der Waals surface area contributed by atoms with Crippen molar-refractivity contribution < 1.29 is 9.59 Å². The average Bonchev–Trinajstić information content (AvgIpc) is 3.62. The fraction of sp³-hybridized carbons (Fsp3) is 0.360. The first-order chi connectivity index (χ1) is 14.2. The molecule has 1 saturated heterocycles. The Hall–Kier alpha value is -2.88. The highest BCUT2D eigenvalue weighted by atomic mass is 16.2. The van der Waals surface area contributed by atoms with Gasteiger partial charge in [-0.1, -0.05) is 60.7 Å². The Morgan fingerprint density at radius 2 is 1.52 bits per heavy atom. The minimum Gasteiger partial charge on any atom is -0.349 e. The summed E-state index contributed by atoms with van der Waals surface area (Å²) in [5.74, 6) is 0.707. The number of piperidine rings is 1. The normalized spacial score (nSPS) is 18.6. The molecule has 1 heterocycles. The molecule has 2 amide bonds. The van der Waals surface area contributed by atoms with Crippen LogP contribution in [0.2, 0.25) is 0 Å². The van der Waals surface area contributed by atoms with Gasteiger partial charge in [-0.05, 0) is 48.8 Å². The molecule has 29 heavy (non-hydrogen) atoms. The Morgan fingerprint density at radius 1 is 0.897 bits per heavy atom. The largest absolute Gasteiger partial charge is 0.349 e. The highest BCUT2D eigenvalue weighted by Gasteiger charge is 2.35. The number of amides is 2. The summed E-state index contributed by atoms with van der Waals surface area (Å²) in [6.07, 6.45) is 7.29. The summed E-state index contributed by atoms with van der Waals surface area (Å²) in [5.41, 5.74) is 2.21. The summed E-state index contributed by atoms with van der Waals surface area (Å²) in [7, 11) is 0. The molecule has 0 spiro atoms. The Labute approximate surface area is 172 Å². The van der Waals surface area contributed by atoms with E-state index in [-0.39, 0.29) is 23.8 Å². The van der Waals surface area contributed by atoms with E-state index in [1.54, 1.807) is 6.08 Å². The lowest BCUT2D eigenvalue weighted by molar-refractivity contribution is -0.132. The van der Waals surface area contributed by atoms with Crippen LogP contribution in [0.3, 0.4) is 0 Å². The van der Waals surface area contributed by atoms with Gasteiger partial charge in [0.2, 0.25) is 11.8 Å². The maximum absolute atomic E-state index is 12.9. The molecule has 0 bridgehead atoms. The second kappa shape index (κ2) is 9.08. The van der Waals surface area contributed by atoms with Gasteiger partial charge in [0, 0.05) is 25.1 Å². The smallest absolute Gasteiger partial charge is 0.246 e. The highest BCUT2D eigenvalue weighted by molar-refractivity contribution is 5.92. The van der Waals surface area contributed by atoms with E-state index < -0.39 is 0 Å². The van der Waals surface area contributed by atoms with E-state index in [0.717, 1.165) is 18.4 Å². The number of carbonyl (C=O) groups is 2. The lowest BCUT2D eigenvalue weighted by atomic mass is 9.94. The summed E-state index contributed by atoms with van der Waals surface area (Å²) in [5, 5.41) is 3.30. The Balaban J connectivity index is 1.29. The van der Waals surface area contributed by atoms with E-state index in [2.05, 4.69) is 17.4 Å². The summed E-state index contributed by atoms with van der Waals surface area (Å²) in [4.78, 5) is 27.2. The minimum absolute atomic E-state index is 0.0119. The Bertz CT molecular complexity index is 851. The average molecular weight is 389 g/mol. The third-order valence-corrected chi connectivity index (χ3v) is 5.95. The Morgan fingerprint density at radius 3 is 2.14 bits per heavy atom. The summed E-state index contributed by atoms with van der Waals surface area (Å²) in [6.45, 7) is 1.27. The van der Waals surface area contributed by atoms with E-state index in [0.29, 0.717) is 19.0 Å². The van der Waals surface area contributed by atoms with Crippen molar-refractivity contribution in [1.29, 1.82) is 0 Å². The number of nitrogens with zero attached hydrogens (tertiary/aromatic N) is 1. The molecule has 2 aromatic carbocycles. The van der Waals surface area contributed by atoms with Crippen molar-refractivity contribution in [2.45, 2.75) is 31.7 Å². The van der Waals surface area contributed by atoms with Crippen molar-refractivity contribution >= 4 is 17.9 Å². The molecule has 2 aromatic rings. The molecule has 1 unspecified atom stereocenters. The van der Waals surface area contributed by atoms with Crippen molar-refractivity contribution in [2.75, 3.05) is 13.1 Å². The van der Waals surface area contributed by atoms with Crippen molar-refractivity contribution in [3.8, 4) is 0 Å². The van der Waals surface area contributed by atoms with Gasteiger partial charge in [-0.3, -0.25) is 9.59 Å². The zero-order chi connectivity index (χ0) is 20.1. The SMILES string of the molecule is O=C(NC(c1ccccc1)C1CC1)C1CCN(C(=O)/C=C/c2ccccc2)CC1. The molecule has 1 N–H and O–H groups in total. The van der Waals surface area contributed by atoms with E-state index in [9.17, 15) is 9.59 Å². The van der Waals surface area contributed by atoms with Crippen LogP contribution in [0, 0.1) is 11.8 Å². The van der Waals surface area contributed by atoms with Crippen LogP contribution in [0.4, 0.5) is 0 Å². The third-order valence-electron chi connectivity index (χ3n) is 5.95. The topological polar surface area (TPSA) is 49.4 Å². The number of carbonyl (C=O) groups excluding carboxylic acids is 2. The number of benzene rings is 2. The molecule has 150 valence electrons. The van der Waals surface area contributed by atoms with E-state index in [1.165, 1.54) is 18.4 Å². The number of nitrogens with one attached hydrogen (secondary N) is 1. The van der Waals surface area contributed by atoms with Gasteiger partial charge in [0.25, 0.3) is 0 Å². The summed E-state index contributed by atoms with van der Waals surface area (Å²) < 4.78 is 0. The molecule has 2 aliphatic rings. The molecule has 4 heteroatoms. The molecule has 2 fully saturated rings. The number of rotatable bonds is 6. The molecular weight excluding hydrogens is 360 g/mol. The molecule has 1 aliphatic carbocycles. The molecular formula is C25H28N2O2. The second-order valence-corrected chi connectivity index (χ2v) is 8.08. The van der Waals surface area contributed by atoms with Crippen LogP contribution in [-0.4, -0.2) is 29.8 Å². The number of likely N-dealkylation sites (tertiary alicyclic amines) is 1. The van der Waals surface area contributed by atoms with Crippen LogP contribution >= 0.6 is 0 Å². The van der Waals surface area contributed by atoms with Gasteiger partial charge in [0.15, 0.2) is 0 Å².